The third-order valence-corrected chi connectivity index (χ3v) is 1.36. The van der Waals surface area contributed by atoms with E-state index in [0.717, 1.165) is 0 Å². The third-order valence-electron chi connectivity index (χ3n) is 1.36. The zero-order valence-electron chi connectivity index (χ0n) is 6.14. The smallest absolute Gasteiger partial charge is 0.165 e. The zero-order chi connectivity index (χ0) is 8.69. The van der Waals surface area contributed by atoms with E-state index in [-0.39, 0.29) is 0 Å². The van der Waals surface area contributed by atoms with Gasteiger partial charge in [-0.3, -0.25) is 0 Å². The molecule has 64 valence electrons. The third kappa shape index (κ3) is 3.74. The Morgan fingerprint density at radius 3 is 2.27 bits per heavy atom. The minimum absolute atomic E-state index is 0.424. The lowest BCUT2D eigenvalue weighted by molar-refractivity contribution is 0.494. The van der Waals surface area contributed by atoms with E-state index >= 15 is 0 Å². The molecule has 0 heterocycles. The van der Waals surface area contributed by atoms with Gasteiger partial charge in [-0.25, -0.2) is 0 Å². The van der Waals surface area contributed by atoms with Crippen molar-refractivity contribution in [3.05, 3.63) is 9.81 Å². The largest absolute Gasteiger partial charge is 0.330 e. The molecule has 0 aliphatic carbocycles. The first-order valence-corrected chi connectivity index (χ1v) is 3.36. The maximum absolute atomic E-state index is 10.0. The topological polar surface area (TPSA) is 111 Å². The van der Waals surface area contributed by atoms with Gasteiger partial charge in [-0.1, -0.05) is 5.18 Å². The standard InChI is InChI=1S/C5H12N4O2/c6-3-1-2-4(8-10)5(7)9-11/h4-5H,1-3,6-7H2. The van der Waals surface area contributed by atoms with Crippen molar-refractivity contribution < 1.29 is 0 Å². The number of nitrogens with zero attached hydrogens (tertiary/aromatic N) is 2. The average molecular weight is 160 g/mol. The molecule has 0 spiro atoms. The van der Waals surface area contributed by atoms with E-state index in [0.29, 0.717) is 19.4 Å². The minimum Gasteiger partial charge on any atom is -0.330 e. The highest BCUT2D eigenvalue weighted by atomic mass is 16.3. The molecule has 0 aromatic carbocycles. The molecule has 2 atom stereocenters. The summed E-state index contributed by atoms with van der Waals surface area (Å²) in [5, 5.41) is 5.18. The Labute approximate surface area is 64.3 Å². The second kappa shape index (κ2) is 5.87. The van der Waals surface area contributed by atoms with Crippen molar-refractivity contribution >= 4 is 0 Å². The molecule has 0 bridgehead atoms. The first-order chi connectivity index (χ1) is 5.26. The molecule has 11 heavy (non-hydrogen) atoms. The fourth-order valence-corrected chi connectivity index (χ4v) is 0.683. The Bertz CT molecular complexity index is 130. The van der Waals surface area contributed by atoms with Gasteiger partial charge in [-0.05, 0) is 24.6 Å². The van der Waals surface area contributed by atoms with Gasteiger partial charge in [0.1, 0.15) is 6.04 Å². The number of nitrogens with two attached hydrogens (primary N) is 2. The predicted octanol–water partition coefficient (Wildman–Crippen LogP) is -0.0885. The van der Waals surface area contributed by atoms with Gasteiger partial charge in [0.2, 0.25) is 0 Å². The summed E-state index contributed by atoms with van der Waals surface area (Å²) in [6.45, 7) is 0.456. The molecular formula is C5H12N4O2. The predicted molar refractivity (Wildman–Crippen MR) is 41.6 cm³/mol. The fourth-order valence-electron chi connectivity index (χ4n) is 0.683. The molecule has 0 aromatic rings. The van der Waals surface area contributed by atoms with E-state index in [1.54, 1.807) is 0 Å². The lowest BCUT2D eigenvalue weighted by Gasteiger charge is -2.08. The van der Waals surface area contributed by atoms with Crippen LogP contribution in [0.4, 0.5) is 0 Å². The summed E-state index contributed by atoms with van der Waals surface area (Å²) in [7, 11) is 0. The first-order valence-electron chi connectivity index (χ1n) is 3.36. The summed E-state index contributed by atoms with van der Waals surface area (Å²) in [4.78, 5) is 19.9. The first kappa shape index (κ1) is 10.1. The van der Waals surface area contributed by atoms with Crippen LogP contribution >= 0.6 is 0 Å². The highest BCUT2D eigenvalue weighted by molar-refractivity contribution is 4.76. The van der Waals surface area contributed by atoms with Crippen LogP contribution in [-0.2, 0) is 0 Å². The van der Waals surface area contributed by atoms with E-state index in [1.807, 2.05) is 0 Å². The average Bonchev–Trinajstić information content (AvgIpc) is 2.05. The normalized spacial score (nSPS) is 15.5. The van der Waals surface area contributed by atoms with E-state index in [2.05, 4.69) is 10.4 Å². The van der Waals surface area contributed by atoms with Gasteiger partial charge in [0.15, 0.2) is 6.17 Å². The molecule has 0 aliphatic rings. The van der Waals surface area contributed by atoms with Crippen LogP contribution in [0.25, 0.3) is 0 Å². The van der Waals surface area contributed by atoms with Crippen LogP contribution in [0.5, 0.6) is 0 Å². The minimum atomic E-state index is -1.03. The molecule has 6 nitrogen and oxygen atoms in total. The summed E-state index contributed by atoms with van der Waals surface area (Å²) >= 11 is 0. The van der Waals surface area contributed by atoms with Gasteiger partial charge < -0.3 is 11.5 Å². The zero-order valence-corrected chi connectivity index (χ0v) is 6.14. The van der Waals surface area contributed by atoms with Crippen LogP contribution in [0, 0.1) is 9.81 Å². The molecule has 0 aromatic heterocycles. The molecule has 2 unspecified atom stereocenters. The Morgan fingerprint density at radius 2 is 1.91 bits per heavy atom. The lowest BCUT2D eigenvalue weighted by Crippen LogP contribution is -2.31. The quantitative estimate of drug-likeness (QED) is 0.529. The number of nitroso groups, excluding NO2 is 2. The number of hydrogen-bond donors (Lipinski definition) is 2. The monoisotopic (exact) mass is 160 g/mol. The van der Waals surface area contributed by atoms with Gasteiger partial charge in [0.25, 0.3) is 0 Å². The molecule has 0 amide bonds. The van der Waals surface area contributed by atoms with Crippen molar-refractivity contribution in [1.82, 2.24) is 0 Å². The van der Waals surface area contributed by atoms with Crippen LogP contribution in [0.1, 0.15) is 12.8 Å². The Hall–Kier alpha value is -0.880. The maximum Gasteiger partial charge on any atom is 0.165 e. The molecule has 0 rings (SSSR count). The molecule has 0 radical (unpaired) electrons. The van der Waals surface area contributed by atoms with E-state index < -0.39 is 12.2 Å². The summed E-state index contributed by atoms with van der Waals surface area (Å²) in [6.07, 6.45) is 0.0195. The van der Waals surface area contributed by atoms with E-state index in [4.69, 9.17) is 11.5 Å². The molecule has 4 N–H and O–H groups in total. The second-order valence-corrected chi connectivity index (χ2v) is 2.20. The van der Waals surface area contributed by atoms with Gasteiger partial charge in [0.05, 0.1) is 0 Å². The molecular weight excluding hydrogens is 148 g/mol. The second-order valence-electron chi connectivity index (χ2n) is 2.20. The van der Waals surface area contributed by atoms with Crippen molar-refractivity contribution in [1.29, 1.82) is 0 Å². The molecule has 0 fully saturated rings. The summed E-state index contributed by atoms with van der Waals surface area (Å²) in [5.74, 6) is 0. The Morgan fingerprint density at radius 1 is 1.27 bits per heavy atom. The summed E-state index contributed by atoms with van der Waals surface area (Å²) < 4.78 is 0. The Kier molecular flexibility index (Phi) is 5.40. The number of hydrogen-bond acceptors (Lipinski definition) is 6. The van der Waals surface area contributed by atoms with Crippen LogP contribution in [0.3, 0.4) is 0 Å². The SMILES string of the molecule is NCCCC(N=O)C(N)N=O. The van der Waals surface area contributed by atoms with Crippen molar-refractivity contribution in [2.45, 2.75) is 25.0 Å². The van der Waals surface area contributed by atoms with Crippen molar-refractivity contribution in [2.75, 3.05) is 6.54 Å². The van der Waals surface area contributed by atoms with Gasteiger partial charge in [-0.2, -0.15) is 4.91 Å². The van der Waals surface area contributed by atoms with Crippen molar-refractivity contribution in [2.24, 2.45) is 21.8 Å². The van der Waals surface area contributed by atoms with Crippen molar-refractivity contribution in [3.8, 4) is 0 Å². The van der Waals surface area contributed by atoms with E-state index in [1.165, 1.54) is 0 Å². The highest BCUT2D eigenvalue weighted by Crippen LogP contribution is 2.05. The maximum atomic E-state index is 10.0. The van der Waals surface area contributed by atoms with Crippen LogP contribution in [0.15, 0.2) is 10.4 Å². The van der Waals surface area contributed by atoms with Crippen LogP contribution in [0.2, 0.25) is 0 Å². The lowest BCUT2D eigenvalue weighted by atomic mass is 10.1. The fraction of sp³-hybridized carbons (Fsp3) is 1.00. The van der Waals surface area contributed by atoms with Gasteiger partial charge in [-0.15, -0.1) is 4.91 Å². The van der Waals surface area contributed by atoms with Crippen molar-refractivity contribution in [3.63, 3.8) is 0 Å². The Balaban J connectivity index is 3.73. The van der Waals surface area contributed by atoms with Crippen LogP contribution in [-0.4, -0.2) is 18.8 Å². The van der Waals surface area contributed by atoms with Gasteiger partial charge >= 0.3 is 0 Å². The molecule has 0 aliphatic heterocycles. The summed E-state index contributed by atoms with van der Waals surface area (Å²) in [6, 6.07) is -0.726. The highest BCUT2D eigenvalue weighted by Gasteiger charge is 2.17. The van der Waals surface area contributed by atoms with Gasteiger partial charge in [0, 0.05) is 0 Å². The molecule has 6 heteroatoms. The molecule has 0 saturated carbocycles. The number of rotatable bonds is 6. The van der Waals surface area contributed by atoms with Crippen LogP contribution < -0.4 is 11.5 Å². The van der Waals surface area contributed by atoms with E-state index in [9.17, 15) is 9.81 Å². The summed E-state index contributed by atoms with van der Waals surface area (Å²) in [5.41, 5.74) is 10.3. The molecule has 0 saturated heterocycles.